The van der Waals surface area contributed by atoms with Gasteiger partial charge in [-0.15, -0.1) is 45.3 Å². The van der Waals surface area contributed by atoms with Gasteiger partial charge in [0.25, 0.3) is 0 Å². The first-order valence-corrected chi connectivity index (χ1v) is 17.9. The molecule has 6 aromatic heterocycles. The van der Waals surface area contributed by atoms with Gasteiger partial charge in [-0.3, -0.25) is 0 Å². The van der Waals surface area contributed by atoms with Crippen LogP contribution in [0.4, 0.5) is 5.69 Å². The van der Waals surface area contributed by atoms with Crippen LogP contribution < -0.4 is 4.90 Å². The van der Waals surface area contributed by atoms with Crippen molar-refractivity contribution in [2.45, 2.75) is 20.3 Å². The zero-order valence-electron chi connectivity index (χ0n) is 23.9. The van der Waals surface area contributed by atoms with Crippen molar-refractivity contribution in [1.82, 2.24) is 13.3 Å². The molecule has 0 aliphatic carbocycles. The highest BCUT2D eigenvalue weighted by Crippen LogP contribution is 2.47. The average Bonchev–Trinajstić information content (AvgIpc) is 3.79. The van der Waals surface area contributed by atoms with E-state index in [-0.39, 0.29) is 0 Å². The molecular formula is C33H28N4S5. The molecule has 2 aromatic carbocycles. The first kappa shape index (κ1) is 26.5. The molecule has 0 radical (unpaired) electrons. The lowest BCUT2D eigenvalue weighted by Gasteiger charge is -2.12. The molecule has 0 aliphatic rings. The Kier molecular flexibility index (Phi) is 6.31. The van der Waals surface area contributed by atoms with Gasteiger partial charge in [-0.2, -0.15) is 8.75 Å². The first-order valence-electron chi connectivity index (χ1n) is 13.9. The van der Waals surface area contributed by atoms with E-state index in [4.69, 9.17) is 8.75 Å². The second kappa shape index (κ2) is 9.99. The van der Waals surface area contributed by atoms with Crippen LogP contribution in [0.15, 0.2) is 60.7 Å². The molecule has 8 rings (SSSR count). The number of aromatic nitrogens is 3. The van der Waals surface area contributed by atoms with Crippen LogP contribution in [-0.4, -0.2) is 27.4 Å². The number of aryl methyl sites for hydroxylation is 1. The van der Waals surface area contributed by atoms with Crippen LogP contribution in [0.3, 0.4) is 0 Å². The minimum atomic E-state index is 0.665. The Morgan fingerprint density at radius 1 is 0.714 bits per heavy atom. The van der Waals surface area contributed by atoms with Gasteiger partial charge >= 0.3 is 0 Å². The van der Waals surface area contributed by atoms with Gasteiger partial charge in [0.15, 0.2) is 0 Å². The molecule has 6 heterocycles. The molecule has 0 atom stereocenters. The fourth-order valence-corrected chi connectivity index (χ4v) is 11.5. The van der Waals surface area contributed by atoms with E-state index >= 15 is 0 Å². The highest BCUT2D eigenvalue weighted by Gasteiger charge is 2.21. The number of thiophene rings is 4. The van der Waals surface area contributed by atoms with E-state index in [0.29, 0.717) is 5.92 Å². The Hall–Kier alpha value is -3.08. The molecule has 0 saturated carbocycles. The number of anilines is 1. The van der Waals surface area contributed by atoms with Crippen LogP contribution in [-0.2, 0) is 13.5 Å². The van der Waals surface area contributed by atoms with Gasteiger partial charge in [0.1, 0.15) is 11.0 Å². The van der Waals surface area contributed by atoms with Crippen molar-refractivity contribution in [2.75, 3.05) is 19.0 Å². The zero-order valence-corrected chi connectivity index (χ0v) is 28.0. The maximum Gasteiger partial charge on any atom is 0.114 e. The van der Waals surface area contributed by atoms with Crippen LogP contribution in [0, 0.1) is 5.92 Å². The largest absolute Gasteiger partial charge is 0.378 e. The number of hydrogen-bond donors (Lipinski definition) is 0. The van der Waals surface area contributed by atoms with Crippen molar-refractivity contribution in [2.24, 2.45) is 13.0 Å². The van der Waals surface area contributed by atoms with E-state index in [1.165, 1.54) is 83.4 Å². The van der Waals surface area contributed by atoms with E-state index in [0.717, 1.165) is 17.5 Å². The second-order valence-electron chi connectivity index (χ2n) is 11.4. The third-order valence-corrected chi connectivity index (χ3v) is 13.2. The molecule has 8 aromatic rings. The Balaban J connectivity index is 1.16. The predicted molar refractivity (Wildman–Crippen MR) is 190 cm³/mol. The molecule has 0 fully saturated rings. The number of hydrogen-bond acceptors (Lipinski definition) is 8. The standard InChI is InChI=1S/C33H28N4S5/c1-17(2)12-20-13-23-32(38-20)33-24(37(23)5)14-26(41-33)21-10-11-22(31-30(21)34-42-35-31)27-16-29-28(40-27)15-25(39-29)18-6-8-19(9-7-18)36(3)4/h6-11,13-17H,12H2,1-5H3. The number of benzene rings is 2. The quantitative estimate of drug-likeness (QED) is 0.181. The van der Waals surface area contributed by atoms with Crippen LogP contribution in [0.2, 0.25) is 0 Å². The smallest absolute Gasteiger partial charge is 0.114 e. The number of fused-ring (bicyclic) bond motifs is 5. The molecular weight excluding hydrogens is 613 g/mol. The van der Waals surface area contributed by atoms with E-state index in [1.54, 1.807) is 0 Å². The molecule has 9 heteroatoms. The van der Waals surface area contributed by atoms with E-state index in [1.807, 2.05) is 45.3 Å². The third-order valence-electron chi connectivity index (χ3n) is 7.84. The molecule has 0 N–H and O–H groups in total. The highest BCUT2D eigenvalue weighted by molar-refractivity contribution is 7.31. The van der Waals surface area contributed by atoms with Gasteiger partial charge in [0.2, 0.25) is 0 Å². The third kappa shape index (κ3) is 4.25. The maximum atomic E-state index is 4.81. The predicted octanol–water partition coefficient (Wildman–Crippen LogP) is 11.0. The van der Waals surface area contributed by atoms with Gasteiger partial charge in [-0.1, -0.05) is 38.1 Å². The van der Waals surface area contributed by atoms with Gasteiger partial charge in [-0.25, -0.2) is 0 Å². The SMILES string of the molecule is CC(C)Cc1cc2c(s1)c1sc(-c3ccc(-c4cc5sc(-c6ccc(N(C)C)cc6)cc5s4)c4nsnc34)cc1n2C. The minimum absolute atomic E-state index is 0.665. The van der Waals surface area contributed by atoms with Crippen LogP contribution in [0.1, 0.15) is 18.7 Å². The first-order chi connectivity index (χ1) is 20.3. The normalized spacial score (nSPS) is 12.2. The Labute approximate surface area is 264 Å². The zero-order chi connectivity index (χ0) is 28.7. The molecule has 0 unspecified atom stereocenters. The molecule has 42 heavy (non-hydrogen) atoms. The second-order valence-corrected chi connectivity index (χ2v) is 16.3. The summed E-state index contributed by atoms with van der Waals surface area (Å²) < 4.78 is 17.4. The monoisotopic (exact) mass is 640 g/mol. The van der Waals surface area contributed by atoms with E-state index in [2.05, 4.69) is 105 Å². The van der Waals surface area contributed by atoms with Crippen LogP contribution in [0.5, 0.6) is 0 Å². The van der Waals surface area contributed by atoms with E-state index in [9.17, 15) is 0 Å². The molecule has 0 bridgehead atoms. The van der Waals surface area contributed by atoms with Crippen molar-refractivity contribution in [1.29, 1.82) is 0 Å². The molecule has 0 aliphatic heterocycles. The summed E-state index contributed by atoms with van der Waals surface area (Å²) in [6, 6.07) is 22.7. The summed E-state index contributed by atoms with van der Waals surface area (Å²) in [7, 11) is 6.35. The van der Waals surface area contributed by atoms with Gasteiger partial charge in [0, 0.05) is 66.9 Å². The summed E-state index contributed by atoms with van der Waals surface area (Å²) in [5, 5.41) is 0. The Morgan fingerprint density at radius 2 is 1.31 bits per heavy atom. The summed E-state index contributed by atoms with van der Waals surface area (Å²) in [4.78, 5) is 7.43. The summed E-state index contributed by atoms with van der Waals surface area (Å²) in [6.45, 7) is 4.59. The van der Waals surface area contributed by atoms with Gasteiger partial charge < -0.3 is 9.47 Å². The summed E-state index contributed by atoms with van der Waals surface area (Å²) in [5.41, 5.74) is 9.50. The minimum Gasteiger partial charge on any atom is -0.378 e. The molecule has 210 valence electrons. The van der Waals surface area contributed by atoms with Crippen molar-refractivity contribution < 1.29 is 0 Å². The number of nitrogens with zero attached hydrogens (tertiary/aromatic N) is 4. The van der Waals surface area contributed by atoms with Crippen molar-refractivity contribution in [3.8, 4) is 31.3 Å². The molecule has 4 nitrogen and oxygen atoms in total. The van der Waals surface area contributed by atoms with Crippen LogP contribution >= 0.6 is 57.1 Å². The Morgan fingerprint density at radius 3 is 1.98 bits per heavy atom. The van der Waals surface area contributed by atoms with Crippen molar-refractivity contribution >= 4 is 104 Å². The summed E-state index contributed by atoms with van der Waals surface area (Å²) in [5.74, 6) is 0.665. The summed E-state index contributed by atoms with van der Waals surface area (Å²) >= 11 is 8.87. The highest BCUT2D eigenvalue weighted by atomic mass is 32.1. The fraction of sp³-hybridized carbons (Fsp3) is 0.212. The average molecular weight is 641 g/mol. The van der Waals surface area contributed by atoms with Crippen LogP contribution in [0.25, 0.3) is 72.2 Å². The fourth-order valence-electron chi connectivity index (χ4n) is 5.70. The van der Waals surface area contributed by atoms with Gasteiger partial charge in [0.05, 0.1) is 32.2 Å². The van der Waals surface area contributed by atoms with Gasteiger partial charge in [-0.05, 0) is 54.3 Å². The summed E-state index contributed by atoms with van der Waals surface area (Å²) in [6.07, 6.45) is 1.14. The molecule has 0 saturated heterocycles. The van der Waals surface area contributed by atoms with Crippen molar-refractivity contribution in [3.63, 3.8) is 0 Å². The van der Waals surface area contributed by atoms with E-state index < -0.39 is 0 Å². The Bertz CT molecular complexity index is 2220. The lowest BCUT2D eigenvalue weighted by molar-refractivity contribution is 0.654. The lowest BCUT2D eigenvalue weighted by atomic mass is 10.1. The molecule has 0 amide bonds. The number of rotatable bonds is 6. The molecule has 0 spiro atoms. The van der Waals surface area contributed by atoms with Crippen molar-refractivity contribution in [3.05, 3.63) is 65.5 Å². The maximum absolute atomic E-state index is 4.81. The lowest BCUT2D eigenvalue weighted by Crippen LogP contribution is -2.07. The topological polar surface area (TPSA) is 34.0 Å².